The third kappa shape index (κ3) is 2.59. The highest BCUT2D eigenvalue weighted by Gasteiger charge is 2.52. The highest BCUT2D eigenvalue weighted by atomic mass is 16.5. The molecular formula is C15H27N3O2. The van der Waals surface area contributed by atoms with E-state index < -0.39 is 0 Å². The first-order chi connectivity index (χ1) is 9.72. The van der Waals surface area contributed by atoms with Crippen molar-refractivity contribution in [3.63, 3.8) is 0 Å². The Morgan fingerprint density at radius 2 is 2.10 bits per heavy atom. The van der Waals surface area contributed by atoms with Crippen LogP contribution >= 0.6 is 0 Å². The van der Waals surface area contributed by atoms with Crippen LogP contribution in [0.5, 0.6) is 0 Å². The molecule has 3 aliphatic rings. The third-order valence-electron chi connectivity index (χ3n) is 5.35. The predicted octanol–water partition coefficient (Wildman–Crippen LogP) is 0.0705. The summed E-state index contributed by atoms with van der Waals surface area (Å²) in [6, 6.07) is 0. The van der Waals surface area contributed by atoms with Crippen LogP contribution in [-0.2, 0) is 9.53 Å². The lowest BCUT2D eigenvalue weighted by molar-refractivity contribution is -0.151. The maximum Gasteiger partial charge on any atom is 0.232 e. The van der Waals surface area contributed by atoms with Crippen molar-refractivity contribution in [2.24, 2.45) is 17.3 Å². The molecule has 1 amide bonds. The van der Waals surface area contributed by atoms with Crippen LogP contribution in [0.4, 0.5) is 0 Å². The van der Waals surface area contributed by atoms with Gasteiger partial charge in [-0.1, -0.05) is 0 Å². The fraction of sp³-hybridized carbons (Fsp3) is 0.933. The third-order valence-corrected chi connectivity index (χ3v) is 5.35. The van der Waals surface area contributed by atoms with E-state index in [2.05, 4.69) is 10.6 Å². The maximum absolute atomic E-state index is 13.0. The second-order valence-electron chi connectivity index (χ2n) is 6.70. The number of nitrogens with zero attached hydrogens (tertiary/aromatic N) is 1. The highest BCUT2D eigenvalue weighted by molar-refractivity contribution is 5.84. The minimum atomic E-state index is -0.292. The highest BCUT2D eigenvalue weighted by Crippen LogP contribution is 2.39. The quantitative estimate of drug-likeness (QED) is 0.769. The van der Waals surface area contributed by atoms with Gasteiger partial charge in [-0.2, -0.15) is 0 Å². The Labute approximate surface area is 121 Å². The summed E-state index contributed by atoms with van der Waals surface area (Å²) < 4.78 is 5.65. The maximum atomic E-state index is 13.0. The first-order valence-electron chi connectivity index (χ1n) is 7.97. The van der Waals surface area contributed by atoms with E-state index in [-0.39, 0.29) is 5.41 Å². The van der Waals surface area contributed by atoms with Gasteiger partial charge >= 0.3 is 0 Å². The van der Waals surface area contributed by atoms with Gasteiger partial charge in [-0.05, 0) is 50.7 Å². The van der Waals surface area contributed by atoms with Gasteiger partial charge in [0.15, 0.2) is 0 Å². The normalized spacial score (nSPS) is 34.8. The Kier molecular flexibility index (Phi) is 4.29. The number of nitrogens with one attached hydrogen (secondary N) is 2. The van der Waals surface area contributed by atoms with E-state index in [1.54, 1.807) is 0 Å². The van der Waals surface area contributed by atoms with Gasteiger partial charge in [-0.3, -0.25) is 4.79 Å². The molecule has 0 radical (unpaired) electrons. The van der Waals surface area contributed by atoms with Gasteiger partial charge in [-0.15, -0.1) is 0 Å². The van der Waals surface area contributed by atoms with Crippen LogP contribution in [0.3, 0.4) is 0 Å². The van der Waals surface area contributed by atoms with Crippen molar-refractivity contribution in [1.29, 1.82) is 0 Å². The molecule has 3 fully saturated rings. The molecule has 0 aromatic carbocycles. The summed E-state index contributed by atoms with van der Waals surface area (Å²) in [6.07, 6.45) is 3.38. The van der Waals surface area contributed by atoms with Crippen LogP contribution in [-0.4, -0.2) is 63.8 Å². The molecule has 2 N–H and O–H groups in total. The van der Waals surface area contributed by atoms with E-state index in [0.29, 0.717) is 24.3 Å². The summed E-state index contributed by atoms with van der Waals surface area (Å²) in [5.41, 5.74) is -0.292. The molecular weight excluding hydrogens is 254 g/mol. The zero-order valence-corrected chi connectivity index (χ0v) is 12.5. The average molecular weight is 281 g/mol. The standard InChI is InChI=1S/C15H27N3O2/c1-18(9-12-2-5-16-6-3-12)14(19)15-10-17-8-13(15)4-7-20-11-15/h12-13,16-17H,2-11H2,1H3/t13-,15+/m1/s1. The molecule has 3 saturated heterocycles. The van der Waals surface area contributed by atoms with Crippen molar-refractivity contribution in [3.8, 4) is 0 Å². The minimum absolute atomic E-state index is 0.292. The van der Waals surface area contributed by atoms with E-state index in [9.17, 15) is 4.79 Å². The second kappa shape index (κ2) is 6.00. The summed E-state index contributed by atoms with van der Waals surface area (Å²) in [5.74, 6) is 1.41. The molecule has 0 aromatic heterocycles. The van der Waals surface area contributed by atoms with Gasteiger partial charge in [-0.25, -0.2) is 0 Å². The Bertz CT molecular complexity index is 357. The van der Waals surface area contributed by atoms with Crippen molar-refractivity contribution in [2.45, 2.75) is 19.3 Å². The molecule has 3 heterocycles. The monoisotopic (exact) mass is 281 g/mol. The number of carbonyl (C=O) groups is 1. The molecule has 114 valence electrons. The number of fused-ring (bicyclic) bond motifs is 1. The molecule has 0 aliphatic carbocycles. The summed E-state index contributed by atoms with van der Waals surface area (Å²) in [5, 5.41) is 6.79. The van der Waals surface area contributed by atoms with Crippen molar-refractivity contribution in [3.05, 3.63) is 0 Å². The molecule has 5 nitrogen and oxygen atoms in total. The smallest absolute Gasteiger partial charge is 0.232 e. The Morgan fingerprint density at radius 3 is 2.90 bits per heavy atom. The first kappa shape index (κ1) is 14.3. The molecule has 0 unspecified atom stereocenters. The Morgan fingerprint density at radius 1 is 1.30 bits per heavy atom. The number of hydrogen-bond donors (Lipinski definition) is 2. The lowest BCUT2D eigenvalue weighted by Crippen LogP contribution is -2.53. The number of rotatable bonds is 3. The van der Waals surface area contributed by atoms with Crippen LogP contribution in [0.15, 0.2) is 0 Å². The van der Waals surface area contributed by atoms with Crippen molar-refractivity contribution in [2.75, 3.05) is 53.0 Å². The molecule has 0 bridgehead atoms. The van der Waals surface area contributed by atoms with Crippen LogP contribution in [0.25, 0.3) is 0 Å². The minimum Gasteiger partial charge on any atom is -0.380 e. The second-order valence-corrected chi connectivity index (χ2v) is 6.70. The van der Waals surface area contributed by atoms with E-state index in [1.165, 1.54) is 12.8 Å². The van der Waals surface area contributed by atoms with E-state index in [1.807, 2.05) is 11.9 Å². The van der Waals surface area contributed by atoms with Crippen LogP contribution in [0.1, 0.15) is 19.3 Å². The molecule has 0 aromatic rings. The van der Waals surface area contributed by atoms with Crippen molar-refractivity contribution in [1.82, 2.24) is 15.5 Å². The van der Waals surface area contributed by atoms with Gasteiger partial charge in [0.25, 0.3) is 0 Å². The van der Waals surface area contributed by atoms with Crippen LogP contribution < -0.4 is 10.6 Å². The molecule has 3 aliphatic heterocycles. The SMILES string of the molecule is CN(CC1CCNCC1)C(=O)[C@]12CNC[C@H]1CCOC2. The molecule has 2 atom stereocenters. The number of carbonyl (C=O) groups excluding carboxylic acids is 1. The van der Waals surface area contributed by atoms with Crippen molar-refractivity contribution < 1.29 is 9.53 Å². The van der Waals surface area contributed by atoms with Crippen LogP contribution in [0, 0.1) is 17.3 Å². The van der Waals surface area contributed by atoms with E-state index >= 15 is 0 Å². The molecule has 5 heteroatoms. The van der Waals surface area contributed by atoms with Crippen molar-refractivity contribution >= 4 is 5.91 Å². The zero-order chi connectivity index (χ0) is 14.0. The molecule has 20 heavy (non-hydrogen) atoms. The predicted molar refractivity (Wildman–Crippen MR) is 77.5 cm³/mol. The van der Waals surface area contributed by atoms with Gasteiger partial charge in [0.05, 0.1) is 12.0 Å². The van der Waals surface area contributed by atoms with Crippen LogP contribution in [0.2, 0.25) is 0 Å². The van der Waals surface area contributed by atoms with Gasteiger partial charge < -0.3 is 20.3 Å². The molecule has 0 spiro atoms. The fourth-order valence-electron chi connectivity index (χ4n) is 4.06. The fourth-order valence-corrected chi connectivity index (χ4v) is 4.06. The number of piperidine rings is 1. The Balaban J connectivity index is 1.64. The first-order valence-corrected chi connectivity index (χ1v) is 7.97. The lowest BCUT2D eigenvalue weighted by Gasteiger charge is -2.40. The number of hydrogen-bond acceptors (Lipinski definition) is 4. The largest absolute Gasteiger partial charge is 0.380 e. The average Bonchev–Trinajstić information content (AvgIpc) is 2.92. The topological polar surface area (TPSA) is 53.6 Å². The lowest BCUT2D eigenvalue weighted by atomic mass is 9.74. The summed E-state index contributed by atoms with van der Waals surface area (Å²) in [4.78, 5) is 14.9. The molecule has 0 saturated carbocycles. The zero-order valence-electron chi connectivity index (χ0n) is 12.5. The summed E-state index contributed by atoms with van der Waals surface area (Å²) in [6.45, 7) is 6.23. The summed E-state index contributed by atoms with van der Waals surface area (Å²) >= 11 is 0. The molecule has 3 rings (SSSR count). The van der Waals surface area contributed by atoms with E-state index in [4.69, 9.17) is 4.74 Å². The van der Waals surface area contributed by atoms with Gasteiger partial charge in [0, 0.05) is 26.7 Å². The number of amides is 1. The van der Waals surface area contributed by atoms with Gasteiger partial charge in [0.2, 0.25) is 5.91 Å². The van der Waals surface area contributed by atoms with Gasteiger partial charge in [0.1, 0.15) is 0 Å². The van der Waals surface area contributed by atoms with E-state index in [0.717, 1.165) is 45.8 Å². The Hall–Kier alpha value is -0.650. The summed E-state index contributed by atoms with van der Waals surface area (Å²) in [7, 11) is 1.98. The number of ether oxygens (including phenoxy) is 1.